The first-order chi connectivity index (χ1) is 20.8. The monoisotopic (exact) mass is 638 g/mol. The summed E-state index contributed by atoms with van der Waals surface area (Å²) in [6.45, 7) is 1.95. The molecule has 1 unspecified atom stereocenters. The number of halogens is 4. The molecular weight excluding hydrogens is 613 g/mol. The average Bonchev–Trinajstić information content (AvgIpc) is 3.79. The normalized spacial score (nSPS) is 15.9. The number of amides is 2. The van der Waals surface area contributed by atoms with E-state index in [9.17, 15) is 22.8 Å². The highest BCUT2D eigenvalue weighted by atomic mass is 35.5. The van der Waals surface area contributed by atoms with Gasteiger partial charge in [0.2, 0.25) is 0 Å². The summed E-state index contributed by atoms with van der Waals surface area (Å²) in [7, 11) is 0. The molecule has 0 radical (unpaired) electrons. The zero-order chi connectivity index (χ0) is 29.7. The van der Waals surface area contributed by atoms with E-state index < -0.39 is 36.1 Å². The van der Waals surface area contributed by atoms with Gasteiger partial charge < -0.3 is 14.8 Å². The van der Waals surface area contributed by atoms with Gasteiger partial charge in [0.1, 0.15) is 0 Å². The lowest BCUT2D eigenvalue weighted by Gasteiger charge is -2.26. The van der Waals surface area contributed by atoms with E-state index in [0.717, 1.165) is 49.8 Å². The molecule has 2 aromatic heterocycles. The van der Waals surface area contributed by atoms with Gasteiger partial charge >= 0.3 is 6.18 Å². The molecule has 0 saturated carbocycles. The highest BCUT2D eigenvalue weighted by molar-refractivity contribution is 7.13. The summed E-state index contributed by atoms with van der Waals surface area (Å²) < 4.78 is 45.1. The van der Waals surface area contributed by atoms with Crippen LogP contribution in [0.4, 0.5) is 18.3 Å². The molecule has 3 aliphatic heterocycles. The smallest absolute Gasteiger partial charge is 0.334 e. The third kappa shape index (κ3) is 5.47. The number of anilines is 1. The third-order valence-corrected chi connectivity index (χ3v) is 8.78. The van der Waals surface area contributed by atoms with Crippen LogP contribution in [-0.2, 0) is 43.4 Å². The number of benzene rings is 2. The van der Waals surface area contributed by atoms with Crippen molar-refractivity contribution in [2.24, 2.45) is 0 Å². The molecule has 13 heteroatoms. The fourth-order valence-corrected chi connectivity index (χ4v) is 6.60. The minimum Gasteiger partial charge on any atom is -0.334 e. The summed E-state index contributed by atoms with van der Waals surface area (Å²) in [6, 6.07) is 6.93. The van der Waals surface area contributed by atoms with E-state index in [0.29, 0.717) is 22.8 Å². The summed E-state index contributed by atoms with van der Waals surface area (Å²) in [6.07, 6.45) is 0.759. The number of thiazole rings is 1. The first kappa shape index (κ1) is 29.9. The predicted molar refractivity (Wildman–Crippen MR) is 160 cm³/mol. The van der Waals surface area contributed by atoms with Gasteiger partial charge in [0.25, 0.3) is 11.8 Å². The molecule has 0 fully saturated rings. The van der Waals surface area contributed by atoms with Crippen molar-refractivity contribution < 1.29 is 22.8 Å². The van der Waals surface area contributed by atoms with Crippen LogP contribution in [0.2, 0.25) is 0 Å². The number of nitrogens with zero attached hydrogens (tertiary/aromatic N) is 4. The molecule has 8 nitrogen and oxygen atoms in total. The van der Waals surface area contributed by atoms with Gasteiger partial charge in [-0.1, -0.05) is 17.9 Å². The van der Waals surface area contributed by atoms with E-state index in [1.165, 1.54) is 34.1 Å². The molecular formula is C31H26ClF3N6O2S. The molecule has 0 bridgehead atoms. The number of aryl methyl sites for hydroxylation is 1. The molecule has 0 saturated heterocycles. The van der Waals surface area contributed by atoms with Gasteiger partial charge in [-0.25, -0.2) is 9.97 Å². The van der Waals surface area contributed by atoms with Crippen molar-refractivity contribution in [2.75, 3.05) is 11.9 Å². The summed E-state index contributed by atoms with van der Waals surface area (Å²) in [5.74, 6) is 4.57. The van der Waals surface area contributed by atoms with Crippen LogP contribution in [0, 0.1) is 11.8 Å². The van der Waals surface area contributed by atoms with Crippen molar-refractivity contribution in [3.05, 3.63) is 98.6 Å². The van der Waals surface area contributed by atoms with E-state index in [1.54, 1.807) is 11.7 Å². The Balaban J connectivity index is 0.00000343. The Hall–Kier alpha value is -4.18. The number of carbonyl (C=O) groups excluding carboxylic acids is 2. The number of alkyl halides is 3. The van der Waals surface area contributed by atoms with Crippen molar-refractivity contribution in [3.63, 3.8) is 0 Å². The first-order valence-corrected chi connectivity index (χ1v) is 14.8. The van der Waals surface area contributed by atoms with Crippen LogP contribution in [-0.4, -0.2) is 37.8 Å². The lowest BCUT2D eigenvalue weighted by Crippen LogP contribution is -2.38. The number of carbonyl (C=O) groups is 2. The van der Waals surface area contributed by atoms with Crippen molar-refractivity contribution in [1.82, 2.24) is 24.8 Å². The Morgan fingerprint density at radius 1 is 1.09 bits per heavy atom. The Labute approximate surface area is 261 Å². The van der Waals surface area contributed by atoms with Crippen molar-refractivity contribution in [1.29, 1.82) is 0 Å². The minimum absolute atomic E-state index is 0. The second-order valence-electron chi connectivity index (χ2n) is 10.7. The Morgan fingerprint density at radius 3 is 2.73 bits per heavy atom. The molecule has 0 spiro atoms. The number of aromatic nitrogens is 3. The maximum Gasteiger partial charge on any atom is 0.416 e. The molecule has 2 aromatic carbocycles. The van der Waals surface area contributed by atoms with Gasteiger partial charge in [0, 0.05) is 53.6 Å². The van der Waals surface area contributed by atoms with Crippen molar-refractivity contribution in [2.45, 2.75) is 51.1 Å². The second-order valence-corrected chi connectivity index (χ2v) is 11.6. The maximum atomic E-state index is 14.4. The van der Waals surface area contributed by atoms with Crippen LogP contribution in [0.25, 0.3) is 0 Å². The summed E-state index contributed by atoms with van der Waals surface area (Å²) in [4.78, 5) is 37.3. The van der Waals surface area contributed by atoms with E-state index in [2.05, 4.69) is 32.4 Å². The third-order valence-electron chi connectivity index (χ3n) is 8.09. The molecule has 44 heavy (non-hydrogen) atoms. The fourth-order valence-electron chi connectivity index (χ4n) is 6.07. The van der Waals surface area contributed by atoms with Crippen LogP contribution in [0.3, 0.4) is 0 Å². The number of hydrogen-bond donors (Lipinski definition) is 2. The molecule has 2 N–H and O–H groups in total. The van der Waals surface area contributed by atoms with Crippen LogP contribution in [0.15, 0.2) is 48.2 Å². The SMILES string of the molecule is Cl.O=C(Nc1nccs1)C(c1ncn2c1CCC2)N1Cc2c(cc(C#Cc3ccc4c(c3)CCNC4)cc2C(F)(F)F)C1=O. The van der Waals surface area contributed by atoms with E-state index in [1.807, 2.05) is 22.8 Å². The largest absolute Gasteiger partial charge is 0.416 e. The number of imidazole rings is 1. The van der Waals surface area contributed by atoms with Crippen LogP contribution < -0.4 is 10.6 Å². The predicted octanol–water partition coefficient (Wildman–Crippen LogP) is 5.11. The topological polar surface area (TPSA) is 92.2 Å². The second kappa shape index (κ2) is 11.7. The van der Waals surface area contributed by atoms with Crippen LogP contribution in [0.1, 0.15) is 67.6 Å². The zero-order valence-electron chi connectivity index (χ0n) is 23.2. The molecule has 1 atom stereocenters. The first-order valence-electron chi connectivity index (χ1n) is 13.9. The van der Waals surface area contributed by atoms with Gasteiger partial charge in [-0.15, -0.1) is 23.7 Å². The van der Waals surface area contributed by atoms with E-state index in [4.69, 9.17) is 0 Å². The quantitative estimate of drug-likeness (QED) is 0.303. The average molecular weight is 639 g/mol. The van der Waals surface area contributed by atoms with Gasteiger partial charge in [-0.2, -0.15) is 13.2 Å². The van der Waals surface area contributed by atoms with E-state index in [-0.39, 0.29) is 29.1 Å². The summed E-state index contributed by atoms with van der Waals surface area (Å²) in [5.41, 5.74) is 3.05. The maximum absolute atomic E-state index is 14.4. The van der Waals surface area contributed by atoms with Crippen LogP contribution in [0.5, 0.6) is 0 Å². The lowest BCUT2D eigenvalue weighted by atomic mass is 9.97. The lowest BCUT2D eigenvalue weighted by molar-refractivity contribution is -0.138. The van der Waals surface area contributed by atoms with Gasteiger partial charge in [-0.05, 0) is 66.8 Å². The number of nitrogens with one attached hydrogen (secondary N) is 2. The number of fused-ring (bicyclic) bond motifs is 3. The molecule has 5 heterocycles. The molecule has 4 aromatic rings. The zero-order valence-corrected chi connectivity index (χ0v) is 24.8. The summed E-state index contributed by atoms with van der Waals surface area (Å²) >= 11 is 1.20. The number of hydrogen-bond acceptors (Lipinski definition) is 6. The highest BCUT2D eigenvalue weighted by Crippen LogP contribution is 2.41. The fraction of sp³-hybridized carbons (Fsp3) is 0.290. The highest BCUT2D eigenvalue weighted by Gasteiger charge is 2.45. The Morgan fingerprint density at radius 2 is 1.93 bits per heavy atom. The summed E-state index contributed by atoms with van der Waals surface area (Å²) in [5, 5.41) is 8.04. The van der Waals surface area contributed by atoms with Gasteiger partial charge in [0.15, 0.2) is 11.2 Å². The molecule has 7 rings (SSSR count). The molecule has 0 aliphatic carbocycles. The Bertz CT molecular complexity index is 1830. The van der Waals surface area contributed by atoms with Crippen LogP contribution >= 0.6 is 23.7 Å². The van der Waals surface area contributed by atoms with E-state index >= 15 is 0 Å². The van der Waals surface area contributed by atoms with Gasteiger partial charge in [0.05, 0.1) is 17.6 Å². The molecule has 3 aliphatic rings. The number of rotatable bonds is 4. The molecule has 226 valence electrons. The minimum atomic E-state index is -4.73. The van der Waals surface area contributed by atoms with Crippen molar-refractivity contribution in [3.8, 4) is 11.8 Å². The van der Waals surface area contributed by atoms with Crippen molar-refractivity contribution >= 4 is 40.7 Å². The Kier molecular flexibility index (Phi) is 7.96. The molecule has 2 amide bonds. The van der Waals surface area contributed by atoms with Gasteiger partial charge in [-0.3, -0.25) is 14.9 Å². The standard InChI is InChI=1S/C31H25F3N6O2S.ClH/c32-31(33,34)24-14-19(4-3-18-5-6-21-15-35-8-7-20(21)12-18)13-22-23(24)16-40(29(22)42)27(28(41)38-30-36-9-11-43-30)26-25-2-1-10-39(25)17-37-26;/h5-6,9,11-14,17,27,35H,1-2,7-8,10,15-16H2,(H,36,38,41);1H.